The minimum atomic E-state index is -3.35. The Morgan fingerprint density at radius 3 is 2.33 bits per heavy atom. The summed E-state index contributed by atoms with van der Waals surface area (Å²) in [5.74, 6) is 3.22. The third-order valence-electron chi connectivity index (χ3n) is 5.83. The molecule has 0 unspecified atom stereocenters. The van der Waals surface area contributed by atoms with Crippen molar-refractivity contribution in [3.8, 4) is 12.3 Å². The largest absolute Gasteiger partial charge is 0.369 e. The smallest absolute Gasteiger partial charge is 0.243 e. The third kappa shape index (κ3) is 5.32. The van der Waals surface area contributed by atoms with Crippen molar-refractivity contribution in [3.63, 3.8) is 0 Å². The van der Waals surface area contributed by atoms with Crippen LogP contribution in [0.5, 0.6) is 0 Å². The minimum absolute atomic E-state index is 0.399. The van der Waals surface area contributed by atoms with Crippen LogP contribution in [0.1, 0.15) is 32.1 Å². The molecule has 1 aromatic carbocycles. The molecule has 27 heavy (non-hydrogen) atoms. The highest BCUT2D eigenvalue weighted by Gasteiger charge is 2.32. The van der Waals surface area contributed by atoms with Gasteiger partial charge in [0.25, 0.3) is 0 Å². The lowest BCUT2D eigenvalue weighted by Crippen LogP contribution is -2.49. The van der Waals surface area contributed by atoms with Gasteiger partial charge in [0.15, 0.2) is 0 Å². The monoisotopic (exact) mass is 390 g/mol. The van der Waals surface area contributed by atoms with E-state index in [0.717, 1.165) is 44.9 Å². The minimum Gasteiger partial charge on any atom is -0.369 e. The van der Waals surface area contributed by atoms with Crippen LogP contribution in [-0.4, -0.2) is 63.1 Å². The molecule has 5 nitrogen and oxygen atoms in total. The van der Waals surface area contributed by atoms with E-state index in [-0.39, 0.29) is 0 Å². The fourth-order valence-corrected chi connectivity index (χ4v) is 5.67. The Hall–Kier alpha value is -1.39. The molecule has 2 aliphatic heterocycles. The number of sulfonamides is 1. The van der Waals surface area contributed by atoms with E-state index in [0.29, 0.717) is 30.6 Å². The van der Waals surface area contributed by atoms with Crippen LogP contribution in [0.2, 0.25) is 0 Å². The zero-order chi connectivity index (χ0) is 19.1. The Morgan fingerprint density at radius 2 is 1.70 bits per heavy atom. The van der Waals surface area contributed by atoms with Gasteiger partial charge in [-0.25, -0.2) is 8.42 Å². The van der Waals surface area contributed by atoms with E-state index in [9.17, 15) is 8.42 Å². The molecule has 0 N–H and O–H groups in total. The van der Waals surface area contributed by atoms with Crippen LogP contribution in [0.3, 0.4) is 0 Å². The van der Waals surface area contributed by atoms with Gasteiger partial charge in [0.2, 0.25) is 10.0 Å². The van der Waals surface area contributed by atoms with Crippen LogP contribution >= 0.6 is 0 Å². The lowest BCUT2D eigenvalue weighted by atomic mass is 9.91. The summed E-state index contributed by atoms with van der Waals surface area (Å²) in [6.45, 7) is 4.60. The molecule has 1 aromatic rings. The molecule has 0 aliphatic carbocycles. The Kier molecular flexibility index (Phi) is 7.31. The molecular formula is C21H30N2O3S. The van der Waals surface area contributed by atoms with Crippen molar-refractivity contribution < 1.29 is 13.2 Å². The second-order valence-electron chi connectivity index (χ2n) is 7.47. The predicted octanol–water partition coefficient (Wildman–Crippen LogP) is 2.59. The number of hydrogen-bond acceptors (Lipinski definition) is 4. The zero-order valence-electron chi connectivity index (χ0n) is 15.9. The first-order valence-corrected chi connectivity index (χ1v) is 11.4. The lowest BCUT2D eigenvalue weighted by molar-refractivity contribution is 0.0807. The van der Waals surface area contributed by atoms with E-state index in [2.05, 4.69) is 10.8 Å². The summed E-state index contributed by atoms with van der Waals surface area (Å²) >= 11 is 0. The van der Waals surface area contributed by atoms with Gasteiger partial charge in [0.05, 0.1) is 4.90 Å². The summed E-state index contributed by atoms with van der Waals surface area (Å²) in [7, 11) is -3.35. The number of piperidine rings is 2. The van der Waals surface area contributed by atoms with Crippen LogP contribution in [0.4, 0.5) is 0 Å². The Bertz CT molecular complexity index is 714. The Balaban J connectivity index is 1.43. The molecule has 0 atom stereocenters. The zero-order valence-corrected chi connectivity index (χ0v) is 16.7. The highest BCUT2D eigenvalue weighted by molar-refractivity contribution is 7.89. The number of terminal acetylenes is 1. The molecule has 0 bridgehead atoms. The van der Waals surface area contributed by atoms with E-state index in [4.69, 9.17) is 11.2 Å². The molecule has 6 heteroatoms. The van der Waals surface area contributed by atoms with Crippen LogP contribution in [0.25, 0.3) is 0 Å². The third-order valence-corrected chi connectivity index (χ3v) is 7.74. The number of hydrogen-bond donors (Lipinski definition) is 0. The van der Waals surface area contributed by atoms with Gasteiger partial charge >= 0.3 is 0 Å². The highest BCUT2D eigenvalue weighted by atomic mass is 32.2. The summed E-state index contributed by atoms with van der Waals surface area (Å²) in [6.07, 6.45) is 10.5. The molecule has 0 radical (unpaired) electrons. The summed E-state index contributed by atoms with van der Waals surface area (Å²) in [6, 6.07) is 9.27. The second-order valence-corrected chi connectivity index (χ2v) is 9.41. The van der Waals surface area contributed by atoms with Crippen molar-refractivity contribution in [3.05, 3.63) is 30.3 Å². The van der Waals surface area contributed by atoms with Gasteiger partial charge in [-0.1, -0.05) is 24.1 Å². The number of nitrogens with zero attached hydrogens (tertiary/aromatic N) is 2. The topological polar surface area (TPSA) is 49.9 Å². The van der Waals surface area contributed by atoms with Gasteiger partial charge in [-0.2, -0.15) is 4.31 Å². The van der Waals surface area contributed by atoms with Gasteiger partial charge in [-0.15, -0.1) is 6.42 Å². The molecule has 148 valence electrons. The van der Waals surface area contributed by atoms with Crippen molar-refractivity contribution in [2.45, 2.75) is 43.0 Å². The first kappa shape index (κ1) is 20.3. The highest BCUT2D eigenvalue weighted by Crippen LogP contribution is 2.27. The number of likely N-dealkylation sites (tertiary alicyclic amines) is 1. The normalized spacial score (nSPS) is 21.1. The molecule has 0 spiro atoms. The van der Waals surface area contributed by atoms with E-state index in [1.54, 1.807) is 28.6 Å². The van der Waals surface area contributed by atoms with E-state index < -0.39 is 10.0 Å². The molecule has 2 fully saturated rings. The number of ether oxygens (including phenoxy) is 1. The molecule has 0 saturated carbocycles. The average molecular weight is 391 g/mol. The van der Waals surface area contributed by atoms with Gasteiger partial charge in [0.1, 0.15) is 6.61 Å². The van der Waals surface area contributed by atoms with Gasteiger partial charge in [-0.05, 0) is 63.2 Å². The maximum absolute atomic E-state index is 12.7. The van der Waals surface area contributed by atoms with E-state index in [1.807, 2.05) is 6.07 Å². The summed E-state index contributed by atoms with van der Waals surface area (Å²) in [5.41, 5.74) is 0. The first-order valence-electron chi connectivity index (χ1n) is 9.91. The molecule has 2 saturated heterocycles. The predicted molar refractivity (Wildman–Crippen MR) is 107 cm³/mol. The SMILES string of the molecule is C#CCOCCC1CCN(C2CCN(S(=O)(=O)c3ccccc3)CC2)CC1. The molecule has 3 rings (SSSR count). The van der Waals surface area contributed by atoms with Crippen molar-refractivity contribution in [2.75, 3.05) is 39.4 Å². The first-order chi connectivity index (χ1) is 13.1. The summed E-state index contributed by atoms with van der Waals surface area (Å²) in [4.78, 5) is 2.96. The van der Waals surface area contributed by atoms with Crippen LogP contribution in [-0.2, 0) is 14.8 Å². The van der Waals surface area contributed by atoms with Gasteiger partial charge in [-0.3, -0.25) is 0 Å². The number of rotatable bonds is 7. The number of benzene rings is 1. The fraction of sp³-hybridized carbons (Fsp3) is 0.619. The maximum Gasteiger partial charge on any atom is 0.243 e. The van der Waals surface area contributed by atoms with Gasteiger partial charge < -0.3 is 9.64 Å². The van der Waals surface area contributed by atoms with Crippen molar-refractivity contribution >= 4 is 10.0 Å². The lowest BCUT2D eigenvalue weighted by Gasteiger charge is -2.41. The summed E-state index contributed by atoms with van der Waals surface area (Å²) < 4.78 is 32.5. The van der Waals surface area contributed by atoms with Crippen LogP contribution in [0, 0.1) is 18.3 Å². The fourth-order valence-electron chi connectivity index (χ4n) is 4.18. The molecule has 0 aromatic heterocycles. The van der Waals surface area contributed by atoms with E-state index >= 15 is 0 Å². The quantitative estimate of drug-likeness (QED) is 0.530. The van der Waals surface area contributed by atoms with Crippen molar-refractivity contribution in [1.29, 1.82) is 0 Å². The standard InChI is InChI=1S/C21H30N2O3S/c1-2-17-26-18-12-19-8-13-22(14-9-19)20-10-15-23(16-11-20)27(24,25)21-6-4-3-5-7-21/h1,3-7,19-20H,8-18H2. The van der Waals surface area contributed by atoms with Gasteiger partial charge in [0, 0.05) is 25.7 Å². The van der Waals surface area contributed by atoms with Crippen molar-refractivity contribution in [1.82, 2.24) is 9.21 Å². The average Bonchev–Trinajstić information content (AvgIpc) is 2.72. The Labute approximate surface area is 163 Å². The van der Waals surface area contributed by atoms with E-state index in [1.165, 1.54) is 12.8 Å². The molecule has 2 heterocycles. The molecule has 2 aliphatic rings. The van der Waals surface area contributed by atoms with Crippen molar-refractivity contribution in [2.24, 2.45) is 5.92 Å². The maximum atomic E-state index is 12.7. The van der Waals surface area contributed by atoms with Crippen LogP contribution < -0.4 is 0 Å². The summed E-state index contributed by atoms with van der Waals surface area (Å²) in [5, 5.41) is 0. The molecular weight excluding hydrogens is 360 g/mol. The molecule has 0 amide bonds. The Morgan fingerprint density at radius 1 is 1.04 bits per heavy atom. The second kappa shape index (κ2) is 9.70. The van der Waals surface area contributed by atoms with Crippen LogP contribution in [0.15, 0.2) is 35.2 Å².